The van der Waals surface area contributed by atoms with Gasteiger partial charge in [0.05, 0.1) is 31.5 Å². The van der Waals surface area contributed by atoms with Crippen LogP contribution in [-0.4, -0.2) is 39.4 Å². The number of ether oxygens (including phenoxy) is 1. The highest BCUT2D eigenvalue weighted by atomic mass is 16.5. The summed E-state index contributed by atoms with van der Waals surface area (Å²) in [5, 5.41) is 19.1. The maximum absolute atomic E-state index is 11.2. The van der Waals surface area contributed by atoms with Gasteiger partial charge in [-0.25, -0.2) is 4.98 Å². The van der Waals surface area contributed by atoms with Crippen LogP contribution in [0, 0.1) is 0 Å². The van der Waals surface area contributed by atoms with Crippen LogP contribution in [0.25, 0.3) is 0 Å². The number of methoxy groups -OCH3 is 1. The van der Waals surface area contributed by atoms with Gasteiger partial charge in [0.15, 0.2) is 0 Å². The Morgan fingerprint density at radius 1 is 1.62 bits per heavy atom. The Bertz CT molecular complexity index is 416. The van der Waals surface area contributed by atoms with Crippen molar-refractivity contribution >= 4 is 5.97 Å². The minimum Gasteiger partial charge on any atom is -0.469 e. The van der Waals surface area contributed by atoms with Gasteiger partial charge in [0.25, 0.3) is 5.56 Å². The summed E-state index contributed by atoms with van der Waals surface area (Å²) in [6, 6.07) is 0. The smallest absolute Gasteiger partial charge is 0.308 e. The van der Waals surface area contributed by atoms with E-state index in [1.165, 1.54) is 0 Å². The topological polar surface area (TPSA) is 113 Å². The Balaban J connectivity index is 2.78. The molecule has 1 aromatic heterocycles. The second kappa shape index (κ2) is 5.38. The molecule has 7 nitrogen and oxygen atoms in total. The molecule has 1 rings (SSSR count). The minimum absolute atomic E-state index is 0.0982. The lowest BCUT2D eigenvalue weighted by Crippen LogP contribution is -2.27. The molecule has 0 radical (unpaired) electrons. The second-order valence-corrected chi connectivity index (χ2v) is 3.13. The quantitative estimate of drug-likeness (QED) is 0.554. The number of aromatic nitrogens is 2. The van der Waals surface area contributed by atoms with E-state index in [0.29, 0.717) is 0 Å². The van der Waals surface area contributed by atoms with Crippen molar-refractivity contribution in [1.82, 2.24) is 9.97 Å². The number of aromatic amines is 1. The number of aliphatic hydroxyl groups excluding tert-OH is 2. The molecule has 0 saturated carbocycles. The van der Waals surface area contributed by atoms with Crippen molar-refractivity contribution in [1.29, 1.82) is 0 Å². The first-order chi connectivity index (χ1) is 7.56. The van der Waals surface area contributed by atoms with Crippen LogP contribution in [0.3, 0.4) is 0 Å². The Morgan fingerprint density at radius 2 is 2.31 bits per heavy atom. The van der Waals surface area contributed by atoms with Crippen LogP contribution >= 0.6 is 0 Å². The van der Waals surface area contributed by atoms with Crippen LogP contribution in [0.2, 0.25) is 0 Å². The Labute approximate surface area is 90.7 Å². The van der Waals surface area contributed by atoms with E-state index in [2.05, 4.69) is 14.7 Å². The standard InChI is InChI=1S/C9H12N2O5/c1-16-7(13)2-6(12)8(14)5-3-10-4-11-9(5)15/h3-4,6,8,12,14H,2H2,1H3,(H,10,11,15). The summed E-state index contributed by atoms with van der Waals surface area (Å²) < 4.78 is 4.33. The predicted molar refractivity (Wildman–Crippen MR) is 52.5 cm³/mol. The lowest BCUT2D eigenvalue weighted by Gasteiger charge is -2.15. The first-order valence-electron chi connectivity index (χ1n) is 4.51. The lowest BCUT2D eigenvalue weighted by atomic mass is 10.1. The number of H-pyrrole nitrogens is 1. The summed E-state index contributed by atoms with van der Waals surface area (Å²) in [4.78, 5) is 27.9. The molecule has 0 aromatic carbocycles. The predicted octanol–water partition coefficient (Wildman–Crippen LogP) is -1.27. The first-order valence-corrected chi connectivity index (χ1v) is 4.51. The zero-order valence-electron chi connectivity index (χ0n) is 8.58. The van der Waals surface area contributed by atoms with Gasteiger partial charge in [0.1, 0.15) is 6.10 Å². The molecular formula is C9H12N2O5. The van der Waals surface area contributed by atoms with Crippen LogP contribution in [0.15, 0.2) is 17.3 Å². The van der Waals surface area contributed by atoms with E-state index in [1.807, 2.05) is 0 Å². The van der Waals surface area contributed by atoms with Crippen LogP contribution in [0.4, 0.5) is 0 Å². The van der Waals surface area contributed by atoms with Crippen molar-refractivity contribution in [2.24, 2.45) is 0 Å². The van der Waals surface area contributed by atoms with Gasteiger partial charge >= 0.3 is 5.97 Å². The Morgan fingerprint density at radius 3 is 2.88 bits per heavy atom. The number of aliphatic hydroxyl groups is 2. The molecule has 1 aromatic rings. The summed E-state index contributed by atoms with van der Waals surface area (Å²) >= 11 is 0. The number of hydrogen-bond donors (Lipinski definition) is 3. The van der Waals surface area contributed by atoms with Gasteiger partial charge in [-0.1, -0.05) is 0 Å². The van der Waals surface area contributed by atoms with Crippen LogP contribution < -0.4 is 5.56 Å². The molecule has 0 spiro atoms. The summed E-state index contributed by atoms with van der Waals surface area (Å²) in [6.45, 7) is 0. The molecule has 0 bridgehead atoms. The van der Waals surface area contributed by atoms with E-state index in [4.69, 9.17) is 0 Å². The average Bonchev–Trinajstić information content (AvgIpc) is 2.28. The molecule has 16 heavy (non-hydrogen) atoms. The average molecular weight is 228 g/mol. The molecule has 7 heteroatoms. The number of hydrogen-bond acceptors (Lipinski definition) is 6. The van der Waals surface area contributed by atoms with Crippen molar-refractivity contribution in [2.45, 2.75) is 18.6 Å². The van der Waals surface area contributed by atoms with E-state index in [1.54, 1.807) is 0 Å². The van der Waals surface area contributed by atoms with Gasteiger partial charge in [0.2, 0.25) is 0 Å². The maximum Gasteiger partial charge on any atom is 0.308 e. The van der Waals surface area contributed by atoms with E-state index in [9.17, 15) is 19.8 Å². The Hall–Kier alpha value is -1.73. The fourth-order valence-corrected chi connectivity index (χ4v) is 1.14. The molecule has 2 atom stereocenters. The molecule has 3 N–H and O–H groups in total. The largest absolute Gasteiger partial charge is 0.469 e. The normalized spacial score (nSPS) is 14.2. The van der Waals surface area contributed by atoms with Crippen LogP contribution in [-0.2, 0) is 9.53 Å². The van der Waals surface area contributed by atoms with E-state index >= 15 is 0 Å². The monoisotopic (exact) mass is 228 g/mol. The lowest BCUT2D eigenvalue weighted by molar-refractivity contribution is -0.144. The summed E-state index contributed by atoms with van der Waals surface area (Å²) in [5.41, 5.74) is -0.662. The molecule has 88 valence electrons. The summed E-state index contributed by atoms with van der Waals surface area (Å²) in [5.74, 6) is -0.674. The van der Waals surface area contributed by atoms with E-state index in [-0.39, 0.29) is 5.56 Å². The summed E-state index contributed by atoms with van der Waals surface area (Å²) in [6.07, 6.45) is -0.990. The molecule has 0 aliphatic rings. The molecule has 2 unspecified atom stereocenters. The van der Waals surface area contributed by atoms with Gasteiger partial charge in [-0.3, -0.25) is 9.59 Å². The molecule has 0 saturated heterocycles. The highest BCUT2D eigenvalue weighted by molar-refractivity contribution is 5.69. The van der Waals surface area contributed by atoms with E-state index < -0.39 is 30.2 Å². The number of carbonyl (C=O) groups is 1. The van der Waals surface area contributed by atoms with E-state index in [0.717, 1.165) is 19.6 Å². The van der Waals surface area contributed by atoms with Gasteiger partial charge in [-0.05, 0) is 0 Å². The SMILES string of the molecule is COC(=O)CC(O)C(O)c1cnc[nH]c1=O. The fourth-order valence-electron chi connectivity index (χ4n) is 1.14. The van der Waals surface area contributed by atoms with Crippen LogP contribution in [0.1, 0.15) is 18.1 Å². The molecule has 0 fully saturated rings. The minimum atomic E-state index is -1.48. The number of nitrogens with one attached hydrogen (secondary N) is 1. The molecule has 0 aliphatic carbocycles. The fraction of sp³-hybridized carbons (Fsp3) is 0.444. The van der Waals surface area contributed by atoms with Crippen molar-refractivity contribution in [3.8, 4) is 0 Å². The van der Waals surface area contributed by atoms with Crippen LogP contribution in [0.5, 0.6) is 0 Å². The third-order valence-electron chi connectivity index (χ3n) is 2.03. The number of carbonyl (C=O) groups excluding carboxylic acids is 1. The number of rotatable bonds is 4. The van der Waals surface area contributed by atoms with Crippen molar-refractivity contribution in [3.05, 3.63) is 28.4 Å². The maximum atomic E-state index is 11.2. The highest BCUT2D eigenvalue weighted by Crippen LogP contribution is 2.14. The molecule has 0 aliphatic heterocycles. The van der Waals surface area contributed by atoms with Gasteiger partial charge in [0, 0.05) is 6.20 Å². The zero-order valence-corrected chi connectivity index (χ0v) is 8.58. The van der Waals surface area contributed by atoms with Crippen molar-refractivity contribution in [2.75, 3.05) is 7.11 Å². The zero-order chi connectivity index (χ0) is 12.1. The van der Waals surface area contributed by atoms with Crippen molar-refractivity contribution < 1.29 is 19.7 Å². The third kappa shape index (κ3) is 2.88. The van der Waals surface area contributed by atoms with Gasteiger partial charge in [-0.2, -0.15) is 0 Å². The Kier molecular flexibility index (Phi) is 4.15. The third-order valence-corrected chi connectivity index (χ3v) is 2.03. The van der Waals surface area contributed by atoms with Gasteiger partial charge in [-0.15, -0.1) is 0 Å². The van der Waals surface area contributed by atoms with Crippen molar-refractivity contribution in [3.63, 3.8) is 0 Å². The highest BCUT2D eigenvalue weighted by Gasteiger charge is 2.24. The molecule has 1 heterocycles. The molecule has 0 amide bonds. The molecular weight excluding hydrogens is 216 g/mol. The first kappa shape index (κ1) is 12.3. The van der Waals surface area contributed by atoms with Gasteiger partial charge < -0.3 is 19.9 Å². The number of nitrogens with zero attached hydrogens (tertiary/aromatic N) is 1. The number of esters is 1. The summed E-state index contributed by atoms with van der Waals surface area (Å²) in [7, 11) is 1.16. The second-order valence-electron chi connectivity index (χ2n) is 3.13.